The average molecular weight is 373 g/mol. The zero-order chi connectivity index (χ0) is 19.9. The predicted octanol–water partition coefficient (Wildman–Crippen LogP) is 5.13. The van der Waals surface area contributed by atoms with Crippen molar-refractivity contribution in [3.63, 3.8) is 0 Å². The molecule has 28 heavy (non-hydrogen) atoms. The van der Waals surface area contributed by atoms with Crippen molar-refractivity contribution in [3.05, 3.63) is 96.6 Å². The van der Waals surface area contributed by atoms with E-state index in [0.29, 0.717) is 22.6 Å². The van der Waals surface area contributed by atoms with Crippen molar-refractivity contribution in [2.45, 2.75) is 6.92 Å². The largest absolute Gasteiger partial charge is 0.423 e. The van der Waals surface area contributed by atoms with Gasteiger partial charge in [-0.2, -0.15) is 0 Å². The Bertz CT molecular complexity index is 977. The number of hydrogen-bond donors (Lipinski definition) is 1. The minimum Gasteiger partial charge on any atom is -0.423 e. The van der Waals surface area contributed by atoms with Gasteiger partial charge in [-0.15, -0.1) is 0 Å². The van der Waals surface area contributed by atoms with Gasteiger partial charge in [-0.05, 0) is 67.6 Å². The molecule has 0 aliphatic heterocycles. The van der Waals surface area contributed by atoms with Gasteiger partial charge in [0.1, 0.15) is 11.5 Å². The van der Waals surface area contributed by atoms with Crippen molar-refractivity contribution < 1.29 is 19.1 Å². The molecule has 0 heterocycles. The normalized spacial score (nSPS) is 10.0. The molecule has 140 valence electrons. The SMILES string of the molecule is C=C(C)C(=O)Oc1ccc(C(=O)Oc2ccc(Nc3ccccc3)cc2)cc1. The lowest BCUT2D eigenvalue weighted by atomic mass is 10.2. The average Bonchev–Trinajstić information content (AvgIpc) is 2.70. The van der Waals surface area contributed by atoms with E-state index < -0.39 is 11.9 Å². The fourth-order valence-electron chi connectivity index (χ4n) is 2.31. The molecule has 0 aliphatic rings. The van der Waals surface area contributed by atoms with Crippen molar-refractivity contribution in [1.29, 1.82) is 0 Å². The van der Waals surface area contributed by atoms with Gasteiger partial charge in [0.25, 0.3) is 0 Å². The van der Waals surface area contributed by atoms with Crippen molar-refractivity contribution in [2.75, 3.05) is 5.32 Å². The summed E-state index contributed by atoms with van der Waals surface area (Å²) in [6, 6.07) is 23.0. The first-order valence-electron chi connectivity index (χ1n) is 8.63. The highest BCUT2D eigenvalue weighted by Crippen LogP contribution is 2.21. The third-order valence-electron chi connectivity index (χ3n) is 3.78. The van der Waals surface area contributed by atoms with E-state index in [1.54, 1.807) is 19.1 Å². The van der Waals surface area contributed by atoms with Crippen LogP contribution < -0.4 is 14.8 Å². The van der Waals surface area contributed by atoms with Crippen LogP contribution in [0.2, 0.25) is 0 Å². The summed E-state index contributed by atoms with van der Waals surface area (Å²) in [5, 5.41) is 3.26. The van der Waals surface area contributed by atoms with Gasteiger partial charge in [0.15, 0.2) is 0 Å². The van der Waals surface area contributed by atoms with E-state index in [1.807, 2.05) is 42.5 Å². The second kappa shape index (κ2) is 8.68. The van der Waals surface area contributed by atoms with Gasteiger partial charge in [-0.25, -0.2) is 9.59 Å². The van der Waals surface area contributed by atoms with Crippen LogP contribution in [-0.4, -0.2) is 11.9 Å². The molecule has 0 aromatic heterocycles. The van der Waals surface area contributed by atoms with Gasteiger partial charge in [0, 0.05) is 16.9 Å². The van der Waals surface area contributed by atoms with E-state index in [0.717, 1.165) is 11.4 Å². The molecule has 0 radical (unpaired) electrons. The summed E-state index contributed by atoms with van der Waals surface area (Å²) in [5.41, 5.74) is 2.50. The monoisotopic (exact) mass is 373 g/mol. The molecule has 0 fully saturated rings. The van der Waals surface area contributed by atoms with E-state index in [-0.39, 0.29) is 0 Å². The highest BCUT2D eigenvalue weighted by Gasteiger charge is 2.10. The molecule has 0 aliphatic carbocycles. The first kappa shape index (κ1) is 18.9. The second-order valence-electron chi connectivity index (χ2n) is 6.10. The topological polar surface area (TPSA) is 64.6 Å². The summed E-state index contributed by atoms with van der Waals surface area (Å²) in [7, 11) is 0. The Hall–Kier alpha value is -3.86. The van der Waals surface area contributed by atoms with Crippen LogP contribution in [0.25, 0.3) is 0 Å². The van der Waals surface area contributed by atoms with Crippen LogP contribution in [0.5, 0.6) is 11.5 Å². The summed E-state index contributed by atoms with van der Waals surface area (Å²) in [6.45, 7) is 5.08. The van der Waals surface area contributed by atoms with Gasteiger partial charge in [0.05, 0.1) is 5.56 Å². The van der Waals surface area contributed by atoms with Crippen LogP contribution >= 0.6 is 0 Å². The van der Waals surface area contributed by atoms with E-state index in [2.05, 4.69) is 11.9 Å². The molecule has 5 nitrogen and oxygen atoms in total. The molecule has 5 heteroatoms. The zero-order valence-corrected chi connectivity index (χ0v) is 15.3. The molecule has 0 saturated carbocycles. The third kappa shape index (κ3) is 5.08. The van der Waals surface area contributed by atoms with Gasteiger partial charge in [0.2, 0.25) is 0 Å². The van der Waals surface area contributed by atoms with E-state index >= 15 is 0 Å². The maximum atomic E-state index is 12.3. The number of nitrogens with one attached hydrogen (secondary N) is 1. The Morgan fingerprint density at radius 3 is 1.89 bits per heavy atom. The molecule has 0 spiro atoms. The zero-order valence-electron chi connectivity index (χ0n) is 15.3. The molecular weight excluding hydrogens is 354 g/mol. The molecule has 0 saturated heterocycles. The summed E-state index contributed by atoms with van der Waals surface area (Å²) in [4.78, 5) is 23.8. The number of para-hydroxylation sites is 1. The molecule has 0 atom stereocenters. The Morgan fingerprint density at radius 2 is 1.29 bits per heavy atom. The number of ether oxygens (including phenoxy) is 2. The fraction of sp³-hybridized carbons (Fsp3) is 0.0435. The van der Waals surface area contributed by atoms with Gasteiger partial charge in [-0.1, -0.05) is 24.8 Å². The maximum Gasteiger partial charge on any atom is 0.343 e. The van der Waals surface area contributed by atoms with Crippen molar-refractivity contribution in [1.82, 2.24) is 0 Å². The van der Waals surface area contributed by atoms with Crippen LogP contribution in [-0.2, 0) is 4.79 Å². The number of hydrogen-bond acceptors (Lipinski definition) is 5. The Kier molecular flexibility index (Phi) is 5.87. The number of carbonyl (C=O) groups is 2. The smallest absolute Gasteiger partial charge is 0.343 e. The number of carbonyl (C=O) groups excluding carboxylic acids is 2. The molecule has 3 aromatic rings. The van der Waals surface area contributed by atoms with Gasteiger partial charge >= 0.3 is 11.9 Å². The number of anilines is 2. The Morgan fingerprint density at radius 1 is 0.750 bits per heavy atom. The highest BCUT2D eigenvalue weighted by atomic mass is 16.5. The summed E-state index contributed by atoms with van der Waals surface area (Å²) in [5.74, 6) is -0.247. The minimum atomic E-state index is -0.514. The number of esters is 2. The summed E-state index contributed by atoms with van der Waals surface area (Å²) < 4.78 is 10.5. The van der Waals surface area contributed by atoms with Crippen molar-refractivity contribution >= 4 is 23.3 Å². The number of rotatable bonds is 6. The molecule has 0 amide bonds. The Balaban J connectivity index is 1.59. The lowest BCUT2D eigenvalue weighted by molar-refractivity contribution is -0.130. The minimum absolute atomic E-state index is 0.300. The van der Waals surface area contributed by atoms with E-state index in [9.17, 15) is 9.59 Å². The quantitative estimate of drug-likeness (QED) is 0.369. The molecule has 1 N–H and O–H groups in total. The summed E-state index contributed by atoms with van der Waals surface area (Å²) >= 11 is 0. The van der Waals surface area contributed by atoms with E-state index in [1.165, 1.54) is 24.3 Å². The maximum absolute atomic E-state index is 12.3. The summed E-state index contributed by atoms with van der Waals surface area (Å²) in [6.07, 6.45) is 0. The van der Waals surface area contributed by atoms with Crippen molar-refractivity contribution in [2.24, 2.45) is 0 Å². The van der Waals surface area contributed by atoms with Gasteiger partial charge in [-0.3, -0.25) is 0 Å². The lowest BCUT2D eigenvalue weighted by Crippen LogP contribution is -2.10. The first-order chi connectivity index (χ1) is 13.5. The third-order valence-corrected chi connectivity index (χ3v) is 3.78. The molecule has 0 unspecified atom stereocenters. The van der Waals surface area contributed by atoms with Crippen LogP contribution in [0.3, 0.4) is 0 Å². The lowest BCUT2D eigenvalue weighted by Gasteiger charge is -2.08. The molecule has 3 aromatic carbocycles. The van der Waals surface area contributed by atoms with E-state index in [4.69, 9.17) is 9.47 Å². The second-order valence-corrected chi connectivity index (χ2v) is 6.10. The van der Waals surface area contributed by atoms with Crippen LogP contribution in [0.15, 0.2) is 91.0 Å². The highest BCUT2D eigenvalue weighted by molar-refractivity contribution is 5.92. The van der Waals surface area contributed by atoms with Crippen LogP contribution in [0, 0.1) is 0 Å². The Labute approximate surface area is 163 Å². The van der Waals surface area contributed by atoms with Gasteiger partial charge < -0.3 is 14.8 Å². The molecular formula is C23H19NO4. The van der Waals surface area contributed by atoms with Crippen LogP contribution in [0.4, 0.5) is 11.4 Å². The van der Waals surface area contributed by atoms with Crippen molar-refractivity contribution in [3.8, 4) is 11.5 Å². The fourth-order valence-corrected chi connectivity index (χ4v) is 2.31. The molecule has 3 rings (SSSR count). The standard InChI is InChI=1S/C23H19NO4/c1-16(2)22(25)27-20-12-8-17(9-13-20)23(26)28-21-14-10-19(11-15-21)24-18-6-4-3-5-7-18/h3-15,24H,1H2,2H3. The molecule has 0 bridgehead atoms. The predicted molar refractivity (Wildman–Crippen MR) is 108 cm³/mol. The van der Waals surface area contributed by atoms with Crippen LogP contribution in [0.1, 0.15) is 17.3 Å². The number of benzene rings is 3. The first-order valence-corrected chi connectivity index (χ1v) is 8.63.